The Kier molecular flexibility index (Phi) is 2.40. The molecular weight excluding hydrogens is 232 g/mol. The Labute approximate surface area is 103 Å². The van der Waals surface area contributed by atoms with Gasteiger partial charge in [-0.05, 0) is 25.0 Å². The van der Waals surface area contributed by atoms with E-state index in [1.807, 2.05) is 0 Å². The van der Waals surface area contributed by atoms with E-state index in [1.165, 1.54) is 4.57 Å². The molecule has 0 fully saturated rings. The summed E-state index contributed by atoms with van der Waals surface area (Å²) in [4.78, 5) is 27.8. The van der Waals surface area contributed by atoms with E-state index in [2.05, 4.69) is 4.98 Å². The van der Waals surface area contributed by atoms with Gasteiger partial charge < -0.3 is 5.11 Å². The lowest BCUT2D eigenvalue weighted by atomic mass is 9.98. The van der Waals surface area contributed by atoms with Crippen molar-refractivity contribution >= 4 is 16.9 Å². The molecule has 0 spiro atoms. The van der Waals surface area contributed by atoms with Crippen LogP contribution in [0.4, 0.5) is 0 Å². The Morgan fingerprint density at radius 3 is 2.94 bits per heavy atom. The van der Waals surface area contributed by atoms with Gasteiger partial charge in [0.2, 0.25) is 0 Å². The Balaban J connectivity index is 2.34. The van der Waals surface area contributed by atoms with Crippen molar-refractivity contribution in [1.82, 2.24) is 9.55 Å². The van der Waals surface area contributed by atoms with E-state index in [4.69, 9.17) is 0 Å². The average Bonchev–Trinajstić information content (AvgIpc) is 2.38. The number of hydrogen-bond donors (Lipinski definition) is 1. The van der Waals surface area contributed by atoms with Crippen LogP contribution >= 0.6 is 0 Å². The van der Waals surface area contributed by atoms with Crippen molar-refractivity contribution in [3.8, 4) is 0 Å². The summed E-state index contributed by atoms with van der Waals surface area (Å²) in [5, 5.41) is 9.74. The third kappa shape index (κ3) is 1.51. The van der Waals surface area contributed by atoms with Gasteiger partial charge in [0.25, 0.3) is 5.56 Å². The zero-order valence-electron chi connectivity index (χ0n) is 9.67. The molecule has 1 aromatic heterocycles. The second-order valence-corrected chi connectivity index (χ2v) is 4.48. The molecule has 1 atom stereocenters. The van der Waals surface area contributed by atoms with Crippen molar-refractivity contribution in [2.24, 2.45) is 0 Å². The number of hydrogen-bond acceptors (Lipinski definition) is 3. The van der Waals surface area contributed by atoms with Crippen LogP contribution in [0.2, 0.25) is 0 Å². The molecule has 0 radical (unpaired) electrons. The highest BCUT2D eigenvalue weighted by Gasteiger charge is 2.29. The van der Waals surface area contributed by atoms with Crippen molar-refractivity contribution in [1.29, 1.82) is 0 Å². The first-order valence-corrected chi connectivity index (χ1v) is 5.91. The standard InChI is InChI=1S/C13H12N2O3/c16-12-8-4-1-2-6-10(8)14-11-9(13(17)18)5-3-7-15(11)12/h1-2,4,6,9H,3,5,7H2,(H,17,18). The summed E-state index contributed by atoms with van der Waals surface area (Å²) in [6, 6.07) is 7.05. The number of nitrogens with zero attached hydrogens (tertiary/aromatic N) is 2. The molecule has 0 saturated carbocycles. The first-order valence-electron chi connectivity index (χ1n) is 5.91. The van der Waals surface area contributed by atoms with Crippen molar-refractivity contribution < 1.29 is 9.90 Å². The van der Waals surface area contributed by atoms with E-state index < -0.39 is 11.9 Å². The number of rotatable bonds is 1. The van der Waals surface area contributed by atoms with Crippen molar-refractivity contribution in [3.63, 3.8) is 0 Å². The van der Waals surface area contributed by atoms with Crippen molar-refractivity contribution in [3.05, 3.63) is 40.4 Å². The van der Waals surface area contributed by atoms with Crippen LogP contribution in [0, 0.1) is 0 Å². The largest absolute Gasteiger partial charge is 0.481 e. The summed E-state index contributed by atoms with van der Waals surface area (Å²) in [6.45, 7) is 0.551. The van der Waals surface area contributed by atoms with Gasteiger partial charge in [-0.1, -0.05) is 12.1 Å². The summed E-state index contributed by atoms with van der Waals surface area (Å²) < 4.78 is 1.50. The fourth-order valence-electron chi connectivity index (χ4n) is 2.48. The number of aliphatic carboxylic acids is 1. The SMILES string of the molecule is O=C(O)C1CCCn2c1nc1ccccc1c2=O. The smallest absolute Gasteiger partial charge is 0.314 e. The summed E-state index contributed by atoms with van der Waals surface area (Å²) in [5.74, 6) is -1.20. The first kappa shape index (κ1) is 11.0. The average molecular weight is 244 g/mol. The Hall–Kier alpha value is -2.17. The van der Waals surface area contributed by atoms with Crippen LogP contribution in [0.15, 0.2) is 29.1 Å². The molecule has 2 aromatic rings. The number of benzene rings is 1. The second kappa shape index (κ2) is 3.94. The van der Waals surface area contributed by atoms with Gasteiger partial charge in [-0.15, -0.1) is 0 Å². The van der Waals surface area contributed by atoms with Crippen LogP contribution in [0.1, 0.15) is 24.6 Å². The molecule has 18 heavy (non-hydrogen) atoms. The van der Waals surface area contributed by atoms with Crippen LogP contribution in [-0.2, 0) is 11.3 Å². The highest BCUT2D eigenvalue weighted by atomic mass is 16.4. The van der Waals surface area contributed by atoms with Crippen molar-refractivity contribution in [2.45, 2.75) is 25.3 Å². The van der Waals surface area contributed by atoms with Gasteiger partial charge in [-0.2, -0.15) is 0 Å². The zero-order valence-corrected chi connectivity index (χ0v) is 9.67. The molecule has 2 heterocycles. The molecule has 3 rings (SSSR count). The number of carbonyl (C=O) groups is 1. The van der Waals surface area contributed by atoms with Gasteiger partial charge in [0, 0.05) is 6.54 Å². The van der Waals surface area contributed by atoms with Crippen LogP contribution in [0.25, 0.3) is 10.9 Å². The predicted molar refractivity (Wildman–Crippen MR) is 65.6 cm³/mol. The Morgan fingerprint density at radius 1 is 1.39 bits per heavy atom. The lowest BCUT2D eigenvalue weighted by Gasteiger charge is -2.23. The summed E-state index contributed by atoms with van der Waals surface area (Å²) >= 11 is 0. The van der Waals surface area contributed by atoms with E-state index >= 15 is 0 Å². The monoisotopic (exact) mass is 244 g/mol. The predicted octanol–water partition coefficient (Wildman–Crippen LogP) is 1.36. The fraction of sp³-hybridized carbons (Fsp3) is 0.308. The third-order valence-electron chi connectivity index (χ3n) is 3.38. The molecule has 1 N–H and O–H groups in total. The summed E-state index contributed by atoms with van der Waals surface area (Å²) in [6.07, 6.45) is 1.24. The van der Waals surface area contributed by atoms with Gasteiger partial charge in [0.15, 0.2) is 0 Å². The second-order valence-electron chi connectivity index (χ2n) is 4.48. The molecule has 5 nitrogen and oxygen atoms in total. The third-order valence-corrected chi connectivity index (χ3v) is 3.38. The molecular formula is C13H12N2O3. The van der Waals surface area contributed by atoms with Gasteiger partial charge in [-0.25, -0.2) is 4.98 Å². The van der Waals surface area contributed by atoms with E-state index in [9.17, 15) is 14.7 Å². The van der Waals surface area contributed by atoms with E-state index in [-0.39, 0.29) is 5.56 Å². The Morgan fingerprint density at radius 2 is 2.17 bits per heavy atom. The minimum Gasteiger partial charge on any atom is -0.481 e. The quantitative estimate of drug-likeness (QED) is 0.822. The maximum absolute atomic E-state index is 12.3. The van der Waals surface area contributed by atoms with Gasteiger partial charge in [0.05, 0.1) is 10.9 Å². The van der Waals surface area contributed by atoms with Gasteiger partial charge >= 0.3 is 5.97 Å². The minimum absolute atomic E-state index is 0.137. The number of fused-ring (bicyclic) bond motifs is 2. The topological polar surface area (TPSA) is 72.2 Å². The van der Waals surface area contributed by atoms with Gasteiger partial charge in [-0.3, -0.25) is 14.2 Å². The molecule has 0 saturated heterocycles. The van der Waals surface area contributed by atoms with E-state index in [1.54, 1.807) is 24.3 Å². The molecule has 1 unspecified atom stereocenters. The maximum Gasteiger partial charge on any atom is 0.314 e. The molecule has 0 aliphatic carbocycles. The van der Waals surface area contributed by atoms with Crippen LogP contribution in [0.3, 0.4) is 0 Å². The number of aromatic nitrogens is 2. The molecule has 0 amide bonds. The summed E-state index contributed by atoms with van der Waals surface area (Å²) in [7, 11) is 0. The molecule has 92 valence electrons. The molecule has 1 aliphatic heterocycles. The molecule has 0 bridgehead atoms. The lowest BCUT2D eigenvalue weighted by Crippen LogP contribution is -2.33. The van der Waals surface area contributed by atoms with Crippen molar-refractivity contribution in [2.75, 3.05) is 0 Å². The number of carboxylic acid groups (broad SMARTS) is 1. The van der Waals surface area contributed by atoms with E-state index in [0.717, 1.165) is 0 Å². The fourth-order valence-corrected chi connectivity index (χ4v) is 2.48. The highest BCUT2D eigenvalue weighted by Crippen LogP contribution is 2.25. The van der Waals surface area contributed by atoms with Crippen LogP contribution < -0.4 is 5.56 Å². The van der Waals surface area contributed by atoms with Gasteiger partial charge in [0.1, 0.15) is 11.7 Å². The number of carboxylic acids is 1. The molecule has 5 heteroatoms. The normalized spacial score (nSPS) is 18.6. The minimum atomic E-state index is -0.911. The van der Waals surface area contributed by atoms with E-state index in [0.29, 0.717) is 36.1 Å². The zero-order chi connectivity index (χ0) is 12.7. The molecule has 1 aromatic carbocycles. The summed E-state index contributed by atoms with van der Waals surface area (Å²) in [5.41, 5.74) is 0.434. The Bertz CT molecular complexity index is 690. The maximum atomic E-state index is 12.3. The lowest BCUT2D eigenvalue weighted by molar-refractivity contribution is -0.139. The highest BCUT2D eigenvalue weighted by molar-refractivity contribution is 5.79. The van der Waals surface area contributed by atoms with Crippen LogP contribution in [-0.4, -0.2) is 20.6 Å². The van der Waals surface area contributed by atoms with Crippen LogP contribution in [0.5, 0.6) is 0 Å². The molecule has 1 aliphatic rings. The first-order chi connectivity index (χ1) is 8.68. The number of para-hydroxylation sites is 1.